The van der Waals surface area contributed by atoms with E-state index in [1.165, 1.54) is 23.1 Å². The fourth-order valence-electron chi connectivity index (χ4n) is 2.43. The molecule has 0 saturated carbocycles. The van der Waals surface area contributed by atoms with Crippen molar-refractivity contribution in [2.75, 3.05) is 11.1 Å². The zero-order chi connectivity index (χ0) is 19.3. The summed E-state index contributed by atoms with van der Waals surface area (Å²) in [5.41, 5.74) is 3.89. The van der Waals surface area contributed by atoms with E-state index in [0.29, 0.717) is 10.9 Å². The molecular formula is C20H14BrN3OS3. The molecule has 0 radical (unpaired) electrons. The molecule has 2 aromatic carbocycles. The lowest BCUT2D eigenvalue weighted by Gasteiger charge is -2.00. The van der Waals surface area contributed by atoms with Crippen LogP contribution < -0.4 is 5.32 Å². The van der Waals surface area contributed by atoms with E-state index in [1.54, 1.807) is 11.3 Å². The van der Waals surface area contributed by atoms with Crippen molar-refractivity contribution in [2.24, 2.45) is 0 Å². The Morgan fingerprint density at radius 2 is 1.61 bits per heavy atom. The minimum Gasteiger partial charge on any atom is -0.301 e. The average molecular weight is 488 g/mol. The van der Waals surface area contributed by atoms with Gasteiger partial charge in [-0.3, -0.25) is 4.79 Å². The van der Waals surface area contributed by atoms with Crippen molar-refractivity contribution < 1.29 is 4.79 Å². The van der Waals surface area contributed by atoms with Gasteiger partial charge in [0.15, 0.2) is 9.47 Å². The summed E-state index contributed by atoms with van der Waals surface area (Å²) in [6.07, 6.45) is 0. The number of thioether (sulfide) groups is 1. The Morgan fingerprint density at radius 3 is 2.39 bits per heavy atom. The number of hydrogen-bond acceptors (Lipinski definition) is 6. The lowest BCUT2D eigenvalue weighted by atomic mass is 10.2. The number of thiazole rings is 2. The van der Waals surface area contributed by atoms with Gasteiger partial charge in [-0.05, 0) is 12.1 Å². The molecule has 4 rings (SSSR count). The molecule has 4 aromatic rings. The highest BCUT2D eigenvalue weighted by molar-refractivity contribution is 9.10. The number of hydrogen-bond donors (Lipinski definition) is 1. The predicted molar refractivity (Wildman–Crippen MR) is 122 cm³/mol. The van der Waals surface area contributed by atoms with Crippen molar-refractivity contribution in [1.29, 1.82) is 0 Å². The molecule has 0 aliphatic carbocycles. The lowest BCUT2D eigenvalue weighted by Crippen LogP contribution is -2.13. The van der Waals surface area contributed by atoms with E-state index < -0.39 is 0 Å². The molecule has 0 saturated heterocycles. The van der Waals surface area contributed by atoms with E-state index in [2.05, 4.69) is 31.2 Å². The summed E-state index contributed by atoms with van der Waals surface area (Å²) in [5.74, 6) is 0.216. The van der Waals surface area contributed by atoms with Crippen molar-refractivity contribution in [3.05, 3.63) is 69.8 Å². The van der Waals surface area contributed by atoms with Gasteiger partial charge in [-0.15, -0.1) is 22.7 Å². The van der Waals surface area contributed by atoms with Crippen LogP contribution in [0.25, 0.3) is 22.5 Å². The Morgan fingerprint density at radius 1 is 0.929 bits per heavy atom. The first-order valence-electron chi connectivity index (χ1n) is 8.32. The van der Waals surface area contributed by atoms with E-state index in [-0.39, 0.29) is 5.91 Å². The number of amides is 1. The number of rotatable bonds is 6. The maximum atomic E-state index is 12.3. The van der Waals surface area contributed by atoms with E-state index in [0.717, 1.165) is 31.3 Å². The summed E-state index contributed by atoms with van der Waals surface area (Å²) in [6.45, 7) is 0. The minimum absolute atomic E-state index is 0.0850. The standard InChI is InChI=1S/C20H14BrN3OS3/c21-15-8-6-14(7-9-15)16-10-26-19(22-16)24-18(25)12-28-20-23-17(11-27-20)13-4-2-1-3-5-13/h1-11H,12H2,(H,22,24,25). The van der Waals surface area contributed by atoms with Gasteiger partial charge in [0.1, 0.15) is 0 Å². The molecule has 0 fully saturated rings. The largest absolute Gasteiger partial charge is 0.301 e. The molecule has 0 bridgehead atoms. The van der Waals surface area contributed by atoms with Crippen molar-refractivity contribution in [2.45, 2.75) is 4.34 Å². The van der Waals surface area contributed by atoms with E-state index >= 15 is 0 Å². The van der Waals surface area contributed by atoms with Crippen molar-refractivity contribution in [1.82, 2.24) is 9.97 Å². The summed E-state index contributed by atoms with van der Waals surface area (Å²) in [6, 6.07) is 18.0. The fraction of sp³-hybridized carbons (Fsp3) is 0.0500. The van der Waals surface area contributed by atoms with Crippen LogP contribution in [0.15, 0.2) is 74.2 Å². The number of carbonyl (C=O) groups is 1. The zero-order valence-electron chi connectivity index (χ0n) is 14.5. The van der Waals surface area contributed by atoms with Crippen LogP contribution in [-0.2, 0) is 4.79 Å². The van der Waals surface area contributed by atoms with E-state index in [9.17, 15) is 4.79 Å². The van der Waals surface area contributed by atoms with Gasteiger partial charge in [-0.25, -0.2) is 9.97 Å². The lowest BCUT2D eigenvalue weighted by molar-refractivity contribution is -0.113. The summed E-state index contributed by atoms with van der Waals surface area (Å²) < 4.78 is 1.90. The molecule has 0 aliphatic rings. The molecule has 1 N–H and O–H groups in total. The number of benzene rings is 2. The van der Waals surface area contributed by atoms with Gasteiger partial charge in [-0.2, -0.15) is 0 Å². The topological polar surface area (TPSA) is 54.9 Å². The Hall–Kier alpha value is -2.00. The molecule has 0 atom stereocenters. The maximum absolute atomic E-state index is 12.3. The summed E-state index contributed by atoms with van der Waals surface area (Å²) >= 11 is 7.83. The highest BCUT2D eigenvalue weighted by atomic mass is 79.9. The Labute approximate surface area is 183 Å². The second-order valence-electron chi connectivity index (χ2n) is 5.75. The number of carbonyl (C=O) groups excluding carboxylic acids is 1. The highest BCUT2D eigenvalue weighted by Gasteiger charge is 2.11. The molecule has 0 unspecified atom stereocenters. The molecule has 28 heavy (non-hydrogen) atoms. The predicted octanol–water partition coefficient (Wildman–Crippen LogP) is 6.43. The first kappa shape index (κ1) is 19.3. The molecular weight excluding hydrogens is 474 g/mol. The third-order valence-corrected chi connectivity index (χ3v) is 7.08. The van der Waals surface area contributed by atoms with Crippen LogP contribution in [0.1, 0.15) is 0 Å². The third kappa shape index (κ3) is 4.88. The molecule has 8 heteroatoms. The molecule has 0 aliphatic heterocycles. The Kier molecular flexibility index (Phi) is 6.21. The Bertz CT molecular complexity index is 1080. The van der Waals surface area contributed by atoms with Crippen LogP contribution >= 0.6 is 50.4 Å². The number of anilines is 1. The first-order valence-corrected chi connectivity index (χ1v) is 11.9. The number of halogens is 1. The third-order valence-electron chi connectivity index (χ3n) is 3.77. The monoisotopic (exact) mass is 487 g/mol. The summed E-state index contributed by atoms with van der Waals surface area (Å²) in [7, 11) is 0. The van der Waals surface area contributed by atoms with Crippen LogP contribution in [-0.4, -0.2) is 21.6 Å². The molecule has 140 valence electrons. The van der Waals surface area contributed by atoms with Crippen molar-refractivity contribution >= 4 is 61.4 Å². The maximum Gasteiger partial charge on any atom is 0.236 e. The van der Waals surface area contributed by atoms with Gasteiger partial charge in [0.2, 0.25) is 5.91 Å². The molecule has 4 nitrogen and oxygen atoms in total. The van der Waals surface area contributed by atoms with Crippen LogP contribution in [0.2, 0.25) is 0 Å². The van der Waals surface area contributed by atoms with Crippen LogP contribution in [0.5, 0.6) is 0 Å². The first-order chi connectivity index (χ1) is 13.7. The van der Waals surface area contributed by atoms with Crippen LogP contribution in [0.4, 0.5) is 5.13 Å². The van der Waals surface area contributed by atoms with Crippen molar-refractivity contribution in [3.63, 3.8) is 0 Å². The second kappa shape index (κ2) is 9.00. The number of aromatic nitrogens is 2. The quantitative estimate of drug-likeness (QED) is 0.318. The van der Waals surface area contributed by atoms with Gasteiger partial charge in [0.25, 0.3) is 0 Å². The molecule has 0 spiro atoms. The average Bonchev–Trinajstić information content (AvgIpc) is 3.37. The highest BCUT2D eigenvalue weighted by Crippen LogP contribution is 2.29. The fourth-order valence-corrected chi connectivity index (χ4v) is 5.07. The molecule has 2 heterocycles. The summed E-state index contributed by atoms with van der Waals surface area (Å²) in [4.78, 5) is 21.4. The van der Waals surface area contributed by atoms with Crippen LogP contribution in [0.3, 0.4) is 0 Å². The van der Waals surface area contributed by atoms with Gasteiger partial charge < -0.3 is 5.32 Å². The minimum atomic E-state index is -0.0850. The van der Waals surface area contributed by atoms with E-state index in [1.807, 2.05) is 65.4 Å². The van der Waals surface area contributed by atoms with Gasteiger partial charge in [-0.1, -0.05) is 70.2 Å². The number of nitrogens with zero attached hydrogens (tertiary/aromatic N) is 2. The zero-order valence-corrected chi connectivity index (χ0v) is 18.5. The van der Waals surface area contributed by atoms with Gasteiger partial charge in [0.05, 0.1) is 17.1 Å². The Balaban J connectivity index is 1.33. The van der Waals surface area contributed by atoms with Gasteiger partial charge in [0, 0.05) is 26.4 Å². The number of nitrogens with one attached hydrogen (secondary N) is 1. The smallest absolute Gasteiger partial charge is 0.236 e. The van der Waals surface area contributed by atoms with Crippen LogP contribution in [0, 0.1) is 0 Å². The van der Waals surface area contributed by atoms with E-state index in [4.69, 9.17) is 0 Å². The van der Waals surface area contributed by atoms with Crippen molar-refractivity contribution in [3.8, 4) is 22.5 Å². The summed E-state index contributed by atoms with van der Waals surface area (Å²) in [5, 5.41) is 7.43. The second-order valence-corrected chi connectivity index (χ2v) is 9.60. The SMILES string of the molecule is O=C(CSc1nc(-c2ccccc2)cs1)Nc1nc(-c2ccc(Br)cc2)cs1. The normalized spacial score (nSPS) is 10.8. The van der Waals surface area contributed by atoms with Gasteiger partial charge >= 0.3 is 0 Å². The molecule has 2 aromatic heterocycles. The molecule has 1 amide bonds.